The van der Waals surface area contributed by atoms with Crippen molar-refractivity contribution in [3.63, 3.8) is 0 Å². The summed E-state index contributed by atoms with van der Waals surface area (Å²) in [4.78, 5) is 23.9. The van der Waals surface area contributed by atoms with Crippen LogP contribution < -0.4 is 0 Å². The Morgan fingerprint density at radius 3 is 2.07 bits per heavy atom. The summed E-state index contributed by atoms with van der Waals surface area (Å²) in [6.07, 6.45) is 0. The van der Waals surface area contributed by atoms with Crippen molar-refractivity contribution in [1.29, 1.82) is 0 Å². The van der Waals surface area contributed by atoms with Crippen LogP contribution in [0.15, 0.2) is 0 Å². The quantitative estimate of drug-likeness (QED) is 0.712. The number of nitrogens with zero attached hydrogens (tertiary/aromatic N) is 1. The number of carboxylic acid groups (broad SMARTS) is 1. The average molecular weight is 213 g/mol. The first-order valence-electron chi connectivity index (χ1n) is 5.22. The zero-order valence-corrected chi connectivity index (χ0v) is 9.78. The van der Waals surface area contributed by atoms with Gasteiger partial charge < -0.3 is 10.0 Å². The number of rotatable bonds is 1. The minimum atomic E-state index is -0.793. The fraction of sp³-hybridized carbons (Fsp3) is 0.818. The van der Waals surface area contributed by atoms with Gasteiger partial charge in [0, 0.05) is 20.0 Å². The fourth-order valence-corrected chi connectivity index (χ4v) is 2.19. The Hall–Kier alpha value is -1.06. The number of amides is 1. The number of likely N-dealkylation sites (tertiary alicyclic amines) is 1. The molecule has 2 atom stereocenters. The Kier molecular flexibility index (Phi) is 3.07. The van der Waals surface area contributed by atoms with Crippen LogP contribution in [-0.4, -0.2) is 35.0 Å². The molecule has 1 aliphatic rings. The molecule has 0 aromatic heterocycles. The third-order valence-electron chi connectivity index (χ3n) is 3.19. The second-order valence-electron chi connectivity index (χ2n) is 5.34. The van der Waals surface area contributed by atoms with Crippen LogP contribution in [0, 0.1) is 17.3 Å². The molecule has 1 rings (SSSR count). The summed E-state index contributed by atoms with van der Waals surface area (Å²) in [5, 5.41) is 9.11. The lowest BCUT2D eigenvalue weighted by Crippen LogP contribution is -2.32. The fourth-order valence-electron chi connectivity index (χ4n) is 2.19. The molecular formula is C11H19NO3. The first kappa shape index (κ1) is 12.0. The number of hydrogen-bond donors (Lipinski definition) is 1. The van der Waals surface area contributed by atoms with Crippen molar-refractivity contribution in [1.82, 2.24) is 4.90 Å². The first-order chi connectivity index (χ1) is 6.73. The monoisotopic (exact) mass is 213 g/mol. The molecule has 0 saturated carbocycles. The standard InChI is InChI=1S/C11H19NO3/c1-7(13)12-5-8(10(14)15)9(6-12)11(2,3)4/h8-9H,5-6H2,1-4H3,(H,14,15)/t8-,9-/m0/s1. The van der Waals surface area contributed by atoms with Crippen LogP contribution in [0.4, 0.5) is 0 Å². The highest BCUT2D eigenvalue weighted by Crippen LogP contribution is 2.37. The summed E-state index contributed by atoms with van der Waals surface area (Å²) in [5.41, 5.74) is -0.0761. The van der Waals surface area contributed by atoms with Crippen LogP contribution in [-0.2, 0) is 9.59 Å². The lowest BCUT2D eigenvalue weighted by atomic mass is 9.75. The molecule has 4 nitrogen and oxygen atoms in total. The highest BCUT2D eigenvalue weighted by molar-refractivity contribution is 5.77. The van der Waals surface area contributed by atoms with Crippen LogP contribution in [0.2, 0.25) is 0 Å². The second-order valence-corrected chi connectivity index (χ2v) is 5.34. The van der Waals surface area contributed by atoms with Gasteiger partial charge in [-0.3, -0.25) is 9.59 Å². The summed E-state index contributed by atoms with van der Waals surface area (Å²) in [6, 6.07) is 0. The Bertz CT molecular complexity index is 280. The molecule has 86 valence electrons. The molecule has 0 bridgehead atoms. The molecule has 1 N–H and O–H groups in total. The van der Waals surface area contributed by atoms with Gasteiger partial charge in [0.25, 0.3) is 0 Å². The maximum atomic E-state index is 11.2. The van der Waals surface area contributed by atoms with E-state index in [1.165, 1.54) is 6.92 Å². The lowest BCUT2D eigenvalue weighted by Gasteiger charge is -2.29. The van der Waals surface area contributed by atoms with E-state index in [-0.39, 0.29) is 17.2 Å². The summed E-state index contributed by atoms with van der Waals surface area (Å²) in [7, 11) is 0. The first-order valence-corrected chi connectivity index (χ1v) is 5.22. The van der Waals surface area contributed by atoms with Crippen molar-refractivity contribution in [2.75, 3.05) is 13.1 Å². The third-order valence-corrected chi connectivity index (χ3v) is 3.19. The van der Waals surface area contributed by atoms with E-state index < -0.39 is 11.9 Å². The molecule has 1 fully saturated rings. The smallest absolute Gasteiger partial charge is 0.308 e. The van der Waals surface area contributed by atoms with Crippen molar-refractivity contribution >= 4 is 11.9 Å². The summed E-state index contributed by atoms with van der Waals surface area (Å²) >= 11 is 0. The van der Waals surface area contributed by atoms with E-state index in [2.05, 4.69) is 0 Å². The molecular weight excluding hydrogens is 194 g/mol. The van der Waals surface area contributed by atoms with Gasteiger partial charge in [0.15, 0.2) is 0 Å². The topological polar surface area (TPSA) is 57.6 Å². The van der Waals surface area contributed by atoms with Crippen LogP contribution in [0.25, 0.3) is 0 Å². The molecule has 0 aromatic carbocycles. The van der Waals surface area contributed by atoms with Gasteiger partial charge in [0.05, 0.1) is 5.92 Å². The SMILES string of the molecule is CC(=O)N1C[C@H](C(=O)O)[C@@H](C(C)(C)C)C1. The average Bonchev–Trinajstić information content (AvgIpc) is 2.45. The van der Waals surface area contributed by atoms with Gasteiger partial charge in [-0.1, -0.05) is 20.8 Å². The highest BCUT2D eigenvalue weighted by Gasteiger charge is 2.44. The zero-order valence-electron chi connectivity index (χ0n) is 9.78. The number of carbonyl (C=O) groups is 2. The van der Waals surface area contributed by atoms with Gasteiger partial charge in [0.1, 0.15) is 0 Å². The summed E-state index contributed by atoms with van der Waals surface area (Å²) < 4.78 is 0. The number of aliphatic carboxylic acids is 1. The van der Waals surface area contributed by atoms with Crippen molar-refractivity contribution in [3.8, 4) is 0 Å². The molecule has 4 heteroatoms. The van der Waals surface area contributed by atoms with E-state index in [4.69, 9.17) is 5.11 Å². The Balaban J connectivity index is 2.86. The molecule has 0 unspecified atom stereocenters. The number of hydrogen-bond acceptors (Lipinski definition) is 2. The summed E-state index contributed by atoms with van der Waals surface area (Å²) in [6.45, 7) is 8.48. The van der Waals surface area contributed by atoms with E-state index >= 15 is 0 Å². The number of carbonyl (C=O) groups excluding carboxylic acids is 1. The van der Waals surface area contributed by atoms with Gasteiger partial charge in [-0.2, -0.15) is 0 Å². The van der Waals surface area contributed by atoms with Crippen LogP contribution >= 0.6 is 0 Å². The second kappa shape index (κ2) is 3.83. The predicted molar refractivity (Wildman–Crippen MR) is 56.3 cm³/mol. The zero-order chi connectivity index (χ0) is 11.8. The van der Waals surface area contributed by atoms with Gasteiger partial charge in [0.2, 0.25) is 5.91 Å². The van der Waals surface area contributed by atoms with Gasteiger partial charge in [-0.25, -0.2) is 0 Å². The van der Waals surface area contributed by atoms with Gasteiger partial charge in [-0.05, 0) is 11.3 Å². The minimum Gasteiger partial charge on any atom is -0.481 e. The highest BCUT2D eigenvalue weighted by atomic mass is 16.4. The Morgan fingerprint density at radius 2 is 1.80 bits per heavy atom. The maximum absolute atomic E-state index is 11.2. The molecule has 1 amide bonds. The molecule has 15 heavy (non-hydrogen) atoms. The molecule has 0 radical (unpaired) electrons. The largest absolute Gasteiger partial charge is 0.481 e. The Morgan fingerprint density at radius 1 is 1.27 bits per heavy atom. The van der Waals surface area contributed by atoms with E-state index in [0.717, 1.165) is 0 Å². The Labute approximate surface area is 90.3 Å². The molecule has 0 aliphatic carbocycles. The van der Waals surface area contributed by atoms with Crippen LogP contribution in [0.1, 0.15) is 27.7 Å². The van der Waals surface area contributed by atoms with Crippen molar-refractivity contribution < 1.29 is 14.7 Å². The maximum Gasteiger partial charge on any atom is 0.308 e. The van der Waals surface area contributed by atoms with Crippen LogP contribution in [0.5, 0.6) is 0 Å². The van der Waals surface area contributed by atoms with E-state index in [1.807, 2.05) is 20.8 Å². The lowest BCUT2D eigenvalue weighted by molar-refractivity contribution is -0.143. The third kappa shape index (κ3) is 2.49. The van der Waals surface area contributed by atoms with Crippen molar-refractivity contribution in [2.24, 2.45) is 17.3 Å². The molecule has 0 aromatic rings. The normalized spacial score (nSPS) is 26.8. The van der Waals surface area contributed by atoms with Crippen molar-refractivity contribution in [2.45, 2.75) is 27.7 Å². The molecule has 1 aliphatic heterocycles. The van der Waals surface area contributed by atoms with Crippen molar-refractivity contribution in [3.05, 3.63) is 0 Å². The van der Waals surface area contributed by atoms with E-state index in [0.29, 0.717) is 13.1 Å². The van der Waals surface area contributed by atoms with E-state index in [9.17, 15) is 9.59 Å². The molecule has 1 heterocycles. The number of carboxylic acids is 1. The van der Waals surface area contributed by atoms with Gasteiger partial charge >= 0.3 is 5.97 Å². The van der Waals surface area contributed by atoms with E-state index in [1.54, 1.807) is 4.90 Å². The molecule has 0 spiro atoms. The summed E-state index contributed by atoms with van der Waals surface area (Å²) in [5.74, 6) is -1.21. The minimum absolute atomic E-state index is 0.0343. The molecule has 1 saturated heterocycles. The van der Waals surface area contributed by atoms with Crippen LogP contribution in [0.3, 0.4) is 0 Å². The van der Waals surface area contributed by atoms with Gasteiger partial charge in [-0.15, -0.1) is 0 Å². The predicted octanol–water partition coefficient (Wildman–Crippen LogP) is 1.21.